The molecule has 1 atom stereocenters. The molecule has 4 nitrogen and oxygen atoms in total. The minimum absolute atomic E-state index is 0.226. The van der Waals surface area contributed by atoms with Crippen molar-refractivity contribution in [3.05, 3.63) is 209 Å². The fraction of sp³-hybridized carbons (Fsp3) is 0.160. The van der Waals surface area contributed by atoms with Gasteiger partial charge in [-0.3, -0.25) is 9.98 Å². The van der Waals surface area contributed by atoms with E-state index in [2.05, 4.69) is 177 Å². The lowest BCUT2D eigenvalue weighted by Gasteiger charge is -2.30. The van der Waals surface area contributed by atoms with Gasteiger partial charge < -0.3 is 9.80 Å². The van der Waals surface area contributed by atoms with E-state index in [0.717, 1.165) is 76.4 Å². The molecule has 0 bridgehead atoms. The standard InChI is InChI=1S/C50H46N4/c1-5-36-27-28-42-31-39(40-26-25-35(3)49(33-40)53(4)43-22-14-9-15-23-43)29-30-48(42)54(47(36)6-2)44-24-16-21-41(32-44)46-34-45(37-17-10-7-11-18-37)51-50(52-46)38-19-12-8-13-20-38/h5-12,14-19,21-24,27-33,50H,1-2,13,20,25-26,34H2,3-4H3. The SMILES string of the molecule is C=CC1=C(C=C)N(c2cccc(C3=NC(C4=CC=CCC4)N=C(c4ccccc4)C3)c2)c2ccc(C3=CC(N(C)c4ccccc4)=C(C)CC3)cc2C=C1. The predicted octanol–water partition coefficient (Wildman–Crippen LogP) is 12.3. The monoisotopic (exact) mass is 702 g/mol. The van der Waals surface area contributed by atoms with Gasteiger partial charge in [-0.2, -0.15) is 0 Å². The van der Waals surface area contributed by atoms with Gasteiger partial charge in [0.2, 0.25) is 0 Å². The summed E-state index contributed by atoms with van der Waals surface area (Å²) >= 11 is 0. The highest BCUT2D eigenvalue weighted by Crippen LogP contribution is 2.41. The van der Waals surface area contributed by atoms with E-state index in [-0.39, 0.29) is 6.17 Å². The molecule has 4 aromatic rings. The lowest BCUT2D eigenvalue weighted by molar-refractivity contribution is 0.746. The normalized spacial score (nSPS) is 18.3. The predicted molar refractivity (Wildman–Crippen MR) is 231 cm³/mol. The lowest BCUT2D eigenvalue weighted by atomic mass is 9.90. The number of para-hydroxylation sites is 1. The van der Waals surface area contributed by atoms with Gasteiger partial charge in [-0.25, -0.2) is 0 Å². The second-order valence-corrected chi connectivity index (χ2v) is 14.2. The van der Waals surface area contributed by atoms with Crippen LogP contribution in [0.5, 0.6) is 0 Å². The Hall–Kier alpha value is -6.26. The van der Waals surface area contributed by atoms with Crippen LogP contribution >= 0.6 is 0 Å². The molecule has 54 heavy (non-hydrogen) atoms. The van der Waals surface area contributed by atoms with Crippen molar-refractivity contribution in [2.75, 3.05) is 16.8 Å². The molecule has 2 aliphatic heterocycles. The molecule has 0 amide bonds. The van der Waals surface area contributed by atoms with E-state index < -0.39 is 0 Å². The quantitative estimate of drug-likeness (QED) is 0.174. The second-order valence-electron chi connectivity index (χ2n) is 14.2. The van der Waals surface area contributed by atoms with Crippen LogP contribution in [0.25, 0.3) is 11.6 Å². The van der Waals surface area contributed by atoms with Crippen molar-refractivity contribution in [2.24, 2.45) is 9.98 Å². The Labute approximate surface area is 320 Å². The van der Waals surface area contributed by atoms with Crippen LogP contribution in [0, 0.1) is 0 Å². The van der Waals surface area contributed by atoms with E-state index >= 15 is 0 Å². The zero-order valence-corrected chi connectivity index (χ0v) is 31.2. The molecule has 2 aliphatic carbocycles. The first-order valence-corrected chi connectivity index (χ1v) is 19.0. The molecule has 8 rings (SSSR count). The Balaban J connectivity index is 1.18. The average Bonchev–Trinajstić information content (AvgIpc) is 3.40. The van der Waals surface area contributed by atoms with Crippen molar-refractivity contribution in [3.8, 4) is 0 Å². The van der Waals surface area contributed by atoms with Crippen molar-refractivity contribution in [1.29, 1.82) is 0 Å². The molecule has 1 unspecified atom stereocenters. The Morgan fingerprint density at radius 1 is 0.759 bits per heavy atom. The molecular formula is C50H46N4. The van der Waals surface area contributed by atoms with Crippen LogP contribution in [0.3, 0.4) is 0 Å². The summed E-state index contributed by atoms with van der Waals surface area (Å²) in [7, 11) is 2.16. The van der Waals surface area contributed by atoms with Gasteiger partial charge in [0.15, 0.2) is 6.17 Å². The molecule has 4 aromatic carbocycles. The number of aliphatic imine (C=N–C) groups is 2. The minimum atomic E-state index is -0.226. The van der Waals surface area contributed by atoms with Gasteiger partial charge in [0, 0.05) is 30.5 Å². The van der Waals surface area contributed by atoms with Crippen LogP contribution in [-0.2, 0) is 0 Å². The topological polar surface area (TPSA) is 31.2 Å². The smallest absolute Gasteiger partial charge is 0.162 e. The fourth-order valence-electron chi connectivity index (χ4n) is 7.87. The van der Waals surface area contributed by atoms with Gasteiger partial charge in [0.1, 0.15) is 0 Å². The first-order chi connectivity index (χ1) is 26.5. The van der Waals surface area contributed by atoms with Gasteiger partial charge in [-0.05, 0) is 126 Å². The van der Waals surface area contributed by atoms with Gasteiger partial charge in [0.05, 0.1) is 22.8 Å². The summed E-state index contributed by atoms with van der Waals surface area (Å²) < 4.78 is 0. The molecule has 0 saturated carbocycles. The van der Waals surface area contributed by atoms with Crippen molar-refractivity contribution in [3.63, 3.8) is 0 Å². The highest BCUT2D eigenvalue weighted by atomic mass is 15.2. The van der Waals surface area contributed by atoms with E-state index in [1.165, 1.54) is 33.7 Å². The maximum absolute atomic E-state index is 5.31. The van der Waals surface area contributed by atoms with Crippen LogP contribution in [0.2, 0.25) is 0 Å². The van der Waals surface area contributed by atoms with E-state index in [0.29, 0.717) is 6.42 Å². The summed E-state index contributed by atoms with van der Waals surface area (Å²) in [5.74, 6) is 0. The van der Waals surface area contributed by atoms with Crippen molar-refractivity contribution in [1.82, 2.24) is 0 Å². The maximum atomic E-state index is 5.31. The van der Waals surface area contributed by atoms with E-state index in [1.54, 1.807) is 0 Å². The number of nitrogens with zero attached hydrogens (tertiary/aromatic N) is 4. The Bertz CT molecular complexity index is 2360. The van der Waals surface area contributed by atoms with Gasteiger partial charge >= 0.3 is 0 Å². The first kappa shape index (κ1) is 34.8. The molecule has 0 fully saturated rings. The molecule has 4 aliphatic rings. The number of likely N-dealkylation sites (N-methyl/N-ethyl adjacent to an activating group) is 1. The zero-order valence-electron chi connectivity index (χ0n) is 31.2. The molecule has 266 valence electrons. The summed E-state index contributed by atoms with van der Waals surface area (Å²) in [6, 6.07) is 36.8. The largest absolute Gasteiger partial charge is 0.345 e. The van der Waals surface area contributed by atoms with Crippen LogP contribution in [0.4, 0.5) is 17.1 Å². The highest BCUT2D eigenvalue weighted by Gasteiger charge is 2.26. The van der Waals surface area contributed by atoms with Crippen LogP contribution < -0.4 is 9.80 Å². The molecule has 2 heterocycles. The fourth-order valence-corrected chi connectivity index (χ4v) is 7.87. The summed E-state index contributed by atoms with van der Waals surface area (Å²) in [4.78, 5) is 15.1. The van der Waals surface area contributed by atoms with Gasteiger partial charge in [0.25, 0.3) is 0 Å². The Morgan fingerprint density at radius 2 is 1.52 bits per heavy atom. The zero-order chi connectivity index (χ0) is 37.0. The third-order valence-corrected chi connectivity index (χ3v) is 10.9. The van der Waals surface area contributed by atoms with E-state index in [1.807, 2.05) is 12.2 Å². The number of anilines is 3. The van der Waals surface area contributed by atoms with E-state index in [4.69, 9.17) is 9.98 Å². The van der Waals surface area contributed by atoms with E-state index in [9.17, 15) is 0 Å². The van der Waals surface area contributed by atoms with Gasteiger partial charge in [-0.1, -0.05) is 116 Å². The van der Waals surface area contributed by atoms with Gasteiger partial charge in [-0.15, -0.1) is 0 Å². The van der Waals surface area contributed by atoms with Crippen molar-refractivity contribution >= 4 is 40.1 Å². The first-order valence-electron chi connectivity index (χ1n) is 19.0. The molecule has 0 N–H and O–H groups in total. The molecule has 4 heteroatoms. The molecule has 0 saturated heterocycles. The highest BCUT2D eigenvalue weighted by molar-refractivity contribution is 6.19. The molecular weight excluding hydrogens is 657 g/mol. The summed E-state index contributed by atoms with van der Waals surface area (Å²) in [6.07, 6.45) is 21.6. The number of hydrogen-bond donors (Lipinski definition) is 0. The van der Waals surface area contributed by atoms with Crippen molar-refractivity contribution in [2.45, 2.75) is 45.2 Å². The number of hydrogen-bond acceptors (Lipinski definition) is 4. The third kappa shape index (κ3) is 6.95. The van der Waals surface area contributed by atoms with Crippen LogP contribution in [-0.4, -0.2) is 24.6 Å². The summed E-state index contributed by atoms with van der Waals surface area (Å²) in [5, 5.41) is 0. The third-order valence-electron chi connectivity index (χ3n) is 10.9. The van der Waals surface area contributed by atoms with Crippen molar-refractivity contribution < 1.29 is 0 Å². The Kier molecular flexibility index (Phi) is 9.91. The average molecular weight is 703 g/mol. The molecule has 0 spiro atoms. The molecule has 0 radical (unpaired) electrons. The number of allylic oxidation sites excluding steroid dienone is 10. The maximum Gasteiger partial charge on any atom is 0.162 e. The lowest BCUT2D eigenvalue weighted by Crippen LogP contribution is -2.23. The second kappa shape index (κ2) is 15.4. The minimum Gasteiger partial charge on any atom is -0.345 e. The summed E-state index contributed by atoms with van der Waals surface area (Å²) in [5.41, 5.74) is 17.3. The Morgan fingerprint density at radius 3 is 2.26 bits per heavy atom. The number of benzene rings is 4. The summed E-state index contributed by atoms with van der Waals surface area (Å²) in [6.45, 7) is 10.7. The van der Waals surface area contributed by atoms with Crippen LogP contribution in [0.15, 0.2) is 197 Å². The van der Waals surface area contributed by atoms with Crippen LogP contribution in [0.1, 0.15) is 61.3 Å². The number of rotatable bonds is 9. The number of fused-ring (bicyclic) bond motifs is 1. The molecule has 0 aromatic heterocycles.